The average molecular weight is 1670 g/mol. The van der Waals surface area contributed by atoms with Crippen LogP contribution in [-0.4, -0.2) is 196 Å². The molecule has 6 rings (SSSR count). The molecule has 0 unspecified atom stereocenters. The molecule has 0 atom stereocenters. The van der Waals surface area contributed by atoms with E-state index in [1.807, 2.05) is 90.7 Å². The van der Waals surface area contributed by atoms with Gasteiger partial charge in [0.2, 0.25) is 0 Å². The largest absolute Gasteiger partial charge is 0.497 e. The fourth-order valence-corrected chi connectivity index (χ4v) is 9.24. The summed E-state index contributed by atoms with van der Waals surface area (Å²) in [6.07, 6.45) is 6.30. The second kappa shape index (κ2) is 76.8. The lowest BCUT2D eigenvalue weighted by molar-refractivity contribution is -0.136. The van der Waals surface area contributed by atoms with E-state index >= 15 is 0 Å². The molecule has 0 saturated heterocycles. The van der Waals surface area contributed by atoms with Crippen LogP contribution in [0.25, 0.3) is 0 Å². The molecule has 0 heterocycles. The number of benzene rings is 6. The van der Waals surface area contributed by atoms with E-state index < -0.39 is 41.8 Å². The van der Waals surface area contributed by atoms with Gasteiger partial charge in [0, 0.05) is 128 Å². The molecule has 6 aromatic rings. The zero-order valence-corrected chi connectivity index (χ0v) is 70.3. The number of ether oxygens (including phenoxy) is 8. The minimum atomic E-state index is -1.08. The number of aryl methyl sites for hydroxylation is 2. The lowest BCUT2D eigenvalue weighted by atomic mass is 10.1. The Morgan fingerprint density at radius 1 is 0.380 bits per heavy atom. The molecule has 6 aromatic carbocycles. The number of nitrogens with zero attached hydrogens (tertiary/aromatic N) is 6. The number of nitrogens with one attached hydrogen (secondary N) is 1. The fraction of sp³-hybridized carbons (Fsp3) is 0.412. The number of methoxy groups -OCH3 is 7. The lowest BCUT2D eigenvalue weighted by Crippen LogP contribution is -2.24. The van der Waals surface area contributed by atoms with Gasteiger partial charge in [-0.25, -0.2) is 38.0 Å². The minimum absolute atomic E-state index is 0. The predicted octanol–water partition coefficient (Wildman–Crippen LogP) is 15.2. The molecule has 23 nitrogen and oxygen atoms in total. The Labute approximate surface area is 724 Å². The molecule has 0 aliphatic rings. The summed E-state index contributed by atoms with van der Waals surface area (Å²) in [4.78, 5) is 87.4. The normalized spacial score (nSPS) is 8.68. The maximum atomic E-state index is 12.9. The van der Waals surface area contributed by atoms with Crippen molar-refractivity contribution in [2.24, 2.45) is 0 Å². The summed E-state index contributed by atoms with van der Waals surface area (Å²) in [5, 5.41) is 10.6. The van der Waals surface area contributed by atoms with Crippen molar-refractivity contribution < 1.29 is 81.0 Å². The molecule has 0 aromatic heterocycles. The number of rotatable bonds is 26. The van der Waals surface area contributed by atoms with E-state index in [1.54, 1.807) is 52.3 Å². The number of carboxylic acid groups (broad SMARTS) is 1. The summed E-state index contributed by atoms with van der Waals surface area (Å²) >= 11 is 0. The fourth-order valence-electron chi connectivity index (χ4n) is 9.24. The van der Waals surface area contributed by atoms with Gasteiger partial charge in [-0.05, 0) is 143 Å². The van der Waals surface area contributed by atoms with Crippen LogP contribution in [0.4, 0.5) is 38.5 Å². The lowest BCUT2D eigenvalue weighted by Gasteiger charge is -2.22. The summed E-state index contributed by atoms with van der Waals surface area (Å²) in [5.74, 6) is 32.8. The number of unbranched alkanes of at least 4 members (excludes halogenated alkanes) is 1. The molecule has 0 aliphatic heterocycles. The SMILES string of the molecule is C.C.C.C.C.CCCCN(CC#CC(=O)OC)c1ccccc1.CCCN(CC#CC(=O)OC)c1cccc(C)c1.CCCN(CC#CC(=O)OC)c1cccc(OC)c1.CCCN(CC#CC(=O)OCC)c1cccc(OC)c1.CCc1ccc(N(C)CC#CC(=O)OC)cc1.CNCC#CC(=O)O.COC(=O)C#CCN(C)c1cccc(F)c1. The maximum absolute atomic E-state index is 12.9. The molecule has 2 N–H and O–H groups in total. The number of aliphatic carboxylic acids is 1. The third kappa shape index (κ3) is 58.4. The molecular formula is C97H134FN7O16. The second-order valence-corrected chi connectivity index (χ2v) is 24.0. The van der Waals surface area contributed by atoms with Gasteiger partial charge in [0.15, 0.2) is 0 Å². The van der Waals surface area contributed by atoms with Crippen LogP contribution < -0.4 is 44.2 Å². The first-order valence-electron chi connectivity index (χ1n) is 37.5. The number of hydrogen-bond acceptors (Lipinski definition) is 22. The van der Waals surface area contributed by atoms with Gasteiger partial charge in [0.1, 0.15) is 17.3 Å². The smallest absolute Gasteiger partial charge is 0.384 e. The third-order valence-electron chi connectivity index (χ3n) is 15.1. The number of esters is 6. The molecule has 0 radical (unpaired) electrons. The molecule has 0 bridgehead atoms. The number of para-hydroxylation sites is 1. The van der Waals surface area contributed by atoms with Gasteiger partial charge in [-0.1, -0.05) is 180 Å². The summed E-state index contributed by atoms with van der Waals surface area (Å²) < 4.78 is 50.4. The number of carbonyl (C=O) groups is 7. The Kier molecular flexibility index (Phi) is 75.3. The predicted molar refractivity (Wildman–Crippen MR) is 493 cm³/mol. The molecule has 0 amide bonds. The van der Waals surface area contributed by atoms with E-state index in [0.717, 1.165) is 105 Å². The standard InChI is InChI=1S/C16H21NO3.C15H19NO3.2C15H19NO2.C14H17NO2.C12H12FNO2.C5H7NO2.5CH4/c1-4-11-17(12-7-10-16(18)20-5-2)14-8-6-9-15(13-14)19-3;1-4-10-16(11-6-9-15(17)19-3)13-7-5-8-14(12-13)18-2;1-4-10-16(11-6-9-15(17)18-3)14-8-5-7-13(2)12-14;1-3-4-12-16(13-8-11-15(17)18-2)14-9-6-5-7-10-14;1-4-12-7-9-13(10-8-12)15(2)11-5-6-14(16)17-3;1-14(8-4-7-12(15)16-2)11-6-3-5-10(13)9-11;1-6-4-2-3-5(7)8;;;;;/h6,8-9,13H,4-5,11-12H2,1-3H3;5,7-8,12H,4,10-11H2,1-3H3;5,7-8,12H,4,10-11H2,1-3H3;5-7,9-10H,3-4,12-13H2,1-2H3;7-10H,4,11H2,1-3H3;3,5-6,9H,8H2,1-2H3;6H,4H2,1H3,(H,7,8);5*1H4. The average Bonchev–Trinajstić information content (AvgIpc) is 0.888. The van der Waals surface area contributed by atoms with Crippen molar-refractivity contribution in [3.8, 4) is 94.4 Å². The zero-order chi connectivity index (χ0) is 86.5. The Bertz CT molecular complexity index is 4360. The van der Waals surface area contributed by atoms with Gasteiger partial charge in [0.25, 0.3) is 0 Å². The quantitative estimate of drug-likeness (QED) is 0.0222. The van der Waals surface area contributed by atoms with Gasteiger partial charge in [-0.3, -0.25) is 0 Å². The van der Waals surface area contributed by atoms with Crippen LogP contribution in [0.2, 0.25) is 0 Å². The van der Waals surface area contributed by atoms with Crippen LogP contribution in [0.3, 0.4) is 0 Å². The van der Waals surface area contributed by atoms with Crippen LogP contribution in [0.15, 0.2) is 152 Å². The first-order chi connectivity index (χ1) is 55.9. The Morgan fingerprint density at radius 2 is 0.736 bits per heavy atom. The summed E-state index contributed by atoms with van der Waals surface area (Å²) in [6.45, 7) is 21.7. The van der Waals surface area contributed by atoms with Gasteiger partial charge >= 0.3 is 41.8 Å². The van der Waals surface area contributed by atoms with Crippen LogP contribution >= 0.6 is 0 Å². The highest BCUT2D eigenvalue weighted by Gasteiger charge is 2.10. The Balaban J connectivity index is -0.000000320. The number of halogens is 1. The minimum Gasteiger partial charge on any atom is -0.497 e. The van der Waals surface area contributed by atoms with Crippen LogP contribution in [-0.2, 0) is 68.4 Å². The van der Waals surface area contributed by atoms with Crippen molar-refractivity contribution in [2.75, 3.05) is 179 Å². The van der Waals surface area contributed by atoms with E-state index in [1.165, 1.54) is 58.8 Å². The van der Waals surface area contributed by atoms with Crippen molar-refractivity contribution >= 4 is 75.9 Å². The van der Waals surface area contributed by atoms with E-state index in [2.05, 4.69) is 222 Å². The number of anilines is 6. The molecule has 660 valence electrons. The van der Waals surface area contributed by atoms with Crippen LogP contribution in [0.5, 0.6) is 11.5 Å². The molecule has 24 heteroatoms. The van der Waals surface area contributed by atoms with Crippen LogP contribution in [0, 0.1) is 95.6 Å². The maximum Gasteiger partial charge on any atom is 0.384 e. The van der Waals surface area contributed by atoms with Gasteiger partial charge < -0.3 is 77.7 Å². The monoisotopic (exact) mass is 1670 g/mol. The molecule has 0 saturated carbocycles. The van der Waals surface area contributed by atoms with Crippen molar-refractivity contribution in [1.82, 2.24) is 5.32 Å². The highest BCUT2D eigenvalue weighted by molar-refractivity contribution is 5.90. The summed E-state index contributed by atoms with van der Waals surface area (Å²) in [5.41, 5.74) is 8.64. The Hall–Kier alpha value is -13.2. The van der Waals surface area contributed by atoms with Crippen molar-refractivity contribution in [3.63, 3.8) is 0 Å². The number of carbonyl (C=O) groups excluding carboxylic acids is 6. The van der Waals surface area contributed by atoms with Crippen molar-refractivity contribution in [2.45, 2.75) is 124 Å². The highest BCUT2D eigenvalue weighted by Crippen LogP contribution is 2.23. The van der Waals surface area contributed by atoms with Gasteiger partial charge in [-0.2, -0.15) is 0 Å². The van der Waals surface area contributed by atoms with E-state index in [0.29, 0.717) is 58.1 Å². The molecule has 0 fully saturated rings. The third-order valence-corrected chi connectivity index (χ3v) is 15.1. The Morgan fingerprint density at radius 3 is 1.08 bits per heavy atom. The summed E-state index contributed by atoms with van der Waals surface area (Å²) in [7, 11) is 15.3. The highest BCUT2D eigenvalue weighted by atomic mass is 19.1. The van der Waals surface area contributed by atoms with E-state index in [9.17, 15) is 38.0 Å². The molecule has 121 heavy (non-hydrogen) atoms. The first kappa shape index (κ1) is 119. The molecular weight excluding hydrogens is 1540 g/mol. The second-order valence-electron chi connectivity index (χ2n) is 24.0. The van der Waals surface area contributed by atoms with Gasteiger partial charge in [-0.15, -0.1) is 0 Å². The summed E-state index contributed by atoms with van der Waals surface area (Å²) in [6, 6.07) is 48.4. The molecule has 0 aliphatic carbocycles. The first-order valence-corrected chi connectivity index (χ1v) is 37.5. The molecule has 0 spiro atoms. The zero-order valence-electron chi connectivity index (χ0n) is 70.3. The topological polar surface area (TPSA) is 245 Å². The van der Waals surface area contributed by atoms with Crippen molar-refractivity contribution in [1.29, 1.82) is 0 Å². The van der Waals surface area contributed by atoms with Crippen molar-refractivity contribution in [3.05, 3.63) is 169 Å². The van der Waals surface area contributed by atoms with E-state index in [-0.39, 0.29) is 43.0 Å². The van der Waals surface area contributed by atoms with E-state index in [4.69, 9.17) is 19.3 Å². The number of hydrogen-bond donors (Lipinski definition) is 2. The van der Waals surface area contributed by atoms with Gasteiger partial charge in [0.05, 0.1) is 102 Å². The van der Waals surface area contributed by atoms with Crippen LogP contribution in [0.1, 0.15) is 122 Å². The number of carboxylic acids is 1.